The van der Waals surface area contributed by atoms with Gasteiger partial charge in [-0.3, -0.25) is 9.36 Å². The van der Waals surface area contributed by atoms with Crippen LogP contribution in [0.5, 0.6) is 0 Å². The van der Waals surface area contributed by atoms with Crippen molar-refractivity contribution in [3.63, 3.8) is 0 Å². The zero-order chi connectivity index (χ0) is 13.3. The summed E-state index contributed by atoms with van der Waals surface area (Å²) in [6, 6.07) is 7.61. The molecule has 0 amide bonds. The zero-order valence-electron chi connectivity index (χ0n) is 9.55. The first-order valence-electron chi connectivity index (χ1n) is 5.21. The number of carboxylic acid groups (broad SMARTS) is 1. The van der Waals surface area contributed by atoms with Gasteiger partial charge in [0.15, 0.2) is 0 Å². The van der Waals surface area contributed by atoms with Gasteiger partial charge in [-0.05, 0) is 30.7 Å². The summed E-state index contributed by atoms with van der Waals surface area (Å²) in [6.07, 6.45) is 1.28. The van der Waals surface area contributed by atoms with Crippen LogP contribution in [0, 0.1) is 6.92 Å². The molecule has 0 atom stereocenters. The van der Waals surface area contributed by atoms with Crippen molar-refractivity contribution in [3.05, 3.63) is 63.0 Å². The maximum atomic E-state index is 11.7. The van der Waals surface area contributed by atoms with E-state index in [1.165, 1.54) is 22.9 Å². The van der Waals surface area contributed by atoms with Gasteiger partial charge < -0.3 is 5.11 Å². The smallest absolute Gasteiger partial charge is 0.337 e. The third-order valence-electron chi connectivity index (χ3n) is 2.59. The molecule has 0 unspecified atom stereocenters. The topological polar surface area (TPSA) is 59.3 Å². The number of nitrogens with zero attached hydrogens (tertiary/aromatic N) is 1. The Balaban J connectivity index is 2.62. The monoisotopic (exact) mass is 263 g/mol. The first-order chi connectivity index (χ1) is 8.49. The normalized spacial score (nSPS) is 10.3. The molecule has 1 aromatic carbocycles. The van der Waals surface area contributed by atoms with Crippen LogP contribution < -0.4 is 5.56 Å². The Morgan fingerprint density at radius 3 is 2.61 bits per heavy atom. The lowest BCUT2D eigenvalue weighted by atomic mass is 10.2. The number of benzene rings is 1. The predicted molar refractivity (Wildman–Crippen MR) is 68.7 cm³/mol. The van der Waals surface area contributed by atoms with Gasteiger partial charge in [-0.2, -0.15) is 0 Å². The lowest BCUT2D eigenvalue weighted by Gasteiger charge is -2.08. The van der Waals surface area contributed by atoms with Crippen molar-refractivity contribution in [3.8, 4) is 5.69 Å². The molecule has 4 nitrogen and oxygen atoms in total. The summed E-state index contributed by atoms with van der Waals surface area (Å²) in [4.78, 5) is 22.6. The maximum Gasteiger partial charge on any atom is 0.337 e. The first-order valence-corrected chi connectivity index (χ1v) is 5.59. The van der Waals surface area contributed by atoms with Gasteiger partial charge in [-0.1, -0.05) is 17.7 Å². The van der Waals surface area contributed by atoms with Crippen molar-refractivity contribution in [2.24, 2.45) is 0 Å². The van der Waals surface area contributed by atoms with Gasteiger partial charge in [0.05, 0.1) is 11.3 Å². The number of halogens is 1. The minimum atomic E-state index is -1.08. The molecule has 0 aliphatic carbocycles. The average molecular weight is 264 g/mol. The number of hydrogen-bond donors (Lipinski definition) is 1. The molecular weight excluding hydrogens is 254 g/mol. The molecule has 2 rings (SSSR count). The fourth-order valence-electron chi connectivity index (χ4n) is 1.55. The number of aromatic carboxylic acids is 1. The summed E-state index contributed by atoms with van der Waals surface area (Å²) >= 11 is 5.99. The van der Waals surface area contributed by atoms with E-state index in [-0.39, 0.29) is 11.1 Å². The van der Waals surface area contributed by atoms with E-state index < -0.39 is 5.97 Å². The van der Waals surface area contributed by atoms with Gasteiger partial charge in [0.1, 0.15) is 0 Å². The van der Waals surface area contributed by atoms with Crippen molar-refractivity contribution in [2.45, 2.75) is 6.92 Å². The number of aromatic nitrogens is 1. The minimum absolute atomic E-state index is 0.0475. The van der Waals surface area contributed by atoms with Crippen LogP contribution in [-0.2, 0) is 0 Å². The number of pyridine rings is 1. The van der Waals surface area contributed by atoms with Gasteiger partial charge in [-0.25, -0.2) is 4.79 Å². The van der Waals surface area contributed by atoms with E-state index in [1.54, 1.807) is 18.2 Å². The minimum Gasteiger partial charge on any atom is -0.478 e. The number of carbonyl (C=O) groups is 1. The summed E-state index contributed by atoms with van der Waals surface area (Å²) in [5.74, 6) is -1.08. The molecule has 0 saturated heterocycles. The molecule has 5 heteroatoms. The number of aryl methyl sites for hydroxylation is 1. The molecule has 1 N–H and O–H groups in total. The Kier molecular flexibility index (Phi) is 3.21. The fraction of sp³-hybridized carbons (Fsp3) is 0.0769. The van der Waals surface area contributed by atoms with Crippen LogP contribution in [0.3, 0.4) is 0 Å². The average Bonchev–Trinajstić information content (AvgIpc) is 2.33. The maximum absolute atomic E-state index is 11.7. The highest BCUT2D eigenvalue weighted by Gasteiger charge is 2.07. The van der Waals surface area contributed by atoms with Crippen LogP contribution in [0.2, 0.25) is 5.02 Å². The Bertz CT molecular complexity index is 676. The van der Waals surface area contributed by atoms with Gasteiger partial charge in [0.25, 0.3) is 5.56 Å². The van der Waals surface area contributed by atoms with Crippen molar-refractivity contribution in [2.75, 3.05) is 0 Å². The molecule has 0 spiro atoms. The Morgan fingerprint density at radius 2 is 2.00 bits per heavy atom. The van der Waals surface area contributed by atoms with Crippen LogP contribution in [0.4, 0.5) is 0 Å². The third kappa shape index (κ3) is 2.28. The van der Waals surface area contributed by atoms with Gasteiger partial charge in [0.2, 0.25) is 0 Å². The number of carboxylic acids is 1. The Morgan fingerprint density at radius 1 is 1.28 bits per heavy atom. The highest BCUT2D eigenvalue weighted by Crippen LogP contribution is 2.18. The second kappa shape index (κ2) is 4.66. The van der Waals surface area contributed by atoms with E-state index >= 15 is 0 Å². The van der Waals surface area contributed by atoms with Crippen LogP contribution >= 0.6 is 11.6 Å². The van der Waals surface area contributed by atoms with Crippen LogP contribution in [0.25, 0.3) is 5.69 Å². The van der Waals surface area contributed by atoms with Crippen LogP contribution in [0.15, 0.2) is 41.3 Å². The summed E-state index contributed by atoms with van der Waals surface area (Å²) in [6.45, 7) is 1.85. The summed E-state index contributed by atoms with van der Waals surface area (Å²) in [5.41, 5.74) is 1.17. The van der Waals surface area contributed by atoms with E-state index in [2.05, 4.69) is 0 Å². The number of hydrogen-bond acceptors (Lipinski definition) is 2. The molecular formula is C13H10ClNO3. The highest BCUT2D eigenvalue weighted by molar-refractivity contribution is 6.31. The first kappa shape index (κ1) is 12.4. The van der Waals surface area contributed by atoms with Crippen molar-refractivity contribution < 1.29 is 9.90 Å². The molecule has 2 aromatic rings. The third-order valence-corrected chi connectivity index (χ3v) is 3.00. The highest BCUT2D eigenvalue weighted by atomic mass is 35.5. The second-order valence-corrected chi connectivity index (χ2v) is 4.27. The summed E-state index contributed by atoms with van der Waals surface area (Å²) in [5, 5.41) is 9.43. The molecule has 0 saturated carbocycles. The van der Waals surface area contributed by atoms with Gasteiger partial charge in [0, 0.05) is 17.3 Å². The van der Waals surface area contributed by atoms with E-state index in [4.69, 9.17) is 16.7 Å². The summed E-state index contributed by atoms with van der Waals surface area (Å²) in [7, 11) is 0. The standard InChI is InChI=1S/C13H10ClNO3/c1-8-2-4-10(6-11(8)14)15-7-9(13(17)18)3-5-12(15)16/h2-7H,1H3,(H,17,18). The van der Waals surface area contributed by atoms with Crippen LogP contribution in [-0.4, -0.2) is 15.6 Å². The molecule has 0 bridgehead atoms. The molecule has 0 radical (unpaired) electrons. The van der Waals surface area contributed by atoms with E-state index in [9.17, 15) is 9.59 Å². The predicted octanol–water partition coefficient (Wildman–Crippen LogP) is 2.50. The van der Waals surface area contributed by atoms with E-state index in [0.717, 1.165) is 5.56 Å². The molecule has 0 aliphatic heterocycles. The molecule has 92 valence electrons. The quantitative estimate of drug-likeness (QED) is 0.906. The number of rotatable bonds is 2. The van der Waals surface area contributed by atoms with Crippen molar-refractivity contribution in [1.29, 1.82) is 0 Å². The molecule has 1 heterocycles. The SMILES string of the molecule is Cc1ccc(-n2cc(C(=O)O)ccc2=O)cc1Cl. The lowest BCUT2D eigenvalue weighted by Crippen LogP contribution is -2.18. The Hall–Kier alpha value is -2.07. The van der Waals surface area contributed by atoms with Crippen molar-refractivity contribution >= 4 is 17.6 Å². The molecule has 18 heavy (non-hydrogen) atoms. The second-order valence-electron chi connectivity index (χ2n) is 3.86. The van der Waals surface area contributed by atoms with Crippen molar-refractivity contribution in [1.82, 2.24) is 4.57 Å². The fourth-order valence-corrected chi connectivity index (χ4v) is 1.72. The molecule has 1 aromatic heterocycles. The molecule has 0 fully saturated rings. The van der Waals surface area contributed by atoms with E-state index in [0.29, 0.717) is 10.7 Å². The van der Waals surface area contributed by atoms with Gasteiger partial charge >= 0.3 is 5.97 Å². The zero-order valence-corrected chi connectivity index (χ0v) is 10.3. The van der Waals surface area contributed by atoms with Crippen LogP contribution in [0.1, 0.15) is 15.9 Å². The molecule has 0 aliphatic rings. The van der Waals surface area contributed by atoms with Gasteiger partial charge in [-0.15, -0.1) is 0 Å². The summed E-state index contributed by atoms with van der Waals surface area (Å²) < 4.78 is 1.26. The lowest BCUT2D eigenvalue weighted by molar-refractivity contribution is 0.0696. The Labute approximate surface area is 108 Å². The van der Waals surface area contributed by atoms with E-state index in [1.807, 2.05) is 6.92 Å². The largest absolute Gasteiger partial charge is 0.478 e.